The van der Waals surface area contributed by atoms with E-state index in [0.29, 0.717) is 17.0 Å². The van der Waals surface area contributed by atoms with Crippen LogP contribution in [0.5, 0.6) is 0 Å². The van der Waals surface area contributed by atoms with Gasteiger partial charge in [0.1, 0.15) is 5.82 Å². The van der Waals surface area contributed by atoms with Gasteiger partial charge < -0.3 is 5.11 Å². The minimum absolute atomic E-state index is 0.218. The molecule has 0 saturated heterocycles. The molecule has 0 aliphatic heterocycles. The maximum atomic E-state index is 13.6. The minimum atomic E-state index is -0.519. The zero-order chi connectivity index (χ0) is 12.3. The summed E-state index contributed by atoms with van der Waals surface area (Å²) in [6.45, 7) is 0. The van der Waals surface area contributed by atoms with Gasteiger partial charge in [-0.1, -0.05) is 29.8 Å². The fourth-order valence-electron chi connectivity index (χ4n) is 2.27. The third-order valence-electron chi connectivity index (χ3n) is 3.33. The van der Waals surface area contributed by atoms with E-state index in [1.807, 2.05) is 0 Å². The molecule has 0 fully saturated rings. The fourth-order valence-corrected chi connectivity index (χ4v) is 2.51. The lowest BCUT2D eigenvalue weighted by Crippen LogP contribution is -2.24. The van der Waals surface area contributed by atoms with Gasteiger partial charge in [0.25, 0.3) is 0 Å². The summed E-state index contributed by atoms with van der Waals surface area (Å²) in [7, 11) is 0. The normalized spacial score (nSPS) is 21.5. The van der Waals surface area contributed by atoms with Gasteiger partial charge in [0.15, 0.2) is 0 Å². The van der Waals surface area contributed by atoms with Crippen LogP contribution in [-0.4, -0.2) is 11.2 Å². The Morgan fingerprint density at radius 1 is 1.41 bits per heavy atom. The van der Waals surface area contributed by atoms with Crippen molar-refractivity contribution >= 4 is 11.6 Å². The van der Waals surface area contributed by atoms with Crippen LogP contribution in [-0.2, 0) is 6.42 Å². The van der Waals surface area contributed by atoms with E-state index in [1.54, 1.807) is 12.1 Å². The zero-order valence-electron chi connectivity index (χ0n) is 9.57. The quantitative estimate of drug-likeness (QED) is 0.815. The molecule has 1 aromatic carbocycles. The molecule has 0 radical (unpaired) electrons. The van der Waals surface area contributed by atoms with Crippen molar-refractivity contribution in [1.29, 1.82) is 0 Å². The zero-order valence-corrected chi connectivity index (χ0v) is 10.3. The fraction of sp³-hybridized carbons (Fsp3) is 0.429. The average Bonchev–Trinajstić information content (AvgIpc) is 2.35. The Kier molecular flexibility index (Phi) is 4.19. The first-order valence-corrected chi connectivity index (χ1v) is 6.32. The second-order valence-corrected chi connectivity index (χ2v) is 4.92. The lowest BCUT2D eigenvalue weighted by Gasteiger charge is -2.24. The summed E-state index contributed by atoms with van der Waals surface area (Å²) in [5, 5.41) is 10.5. The van der Waals surface area contributed by atoms with E-state index in [9.17, 15) is 9.50 Å². The molecule has 1 nitrogen and oxygen atoms in total. The lowest BCUT2D eigenvalue weighted by molar-refractivity contribution is 0.101. The highest BCUT2D eigenvalue weighted by atomic mass is 35.5. The molecule has 1 aromatic rings. The first-order valence-electron chi connectivity index (χ1n) is 5.94. The van der Waals surface area contributed by atoms with Crippen LogP contribution in [0.2, 0.25) is 5.02 Å². The highest BCUT2D eigenvalue weighted by molar-refractivity contribution is 6.31. The molecule has 2 rings (SSSR count). The Bertz CT molecular complexity index is 396. The van der Waals surface area contributed by atoms with Crippen molar-refractivity contribution < 1.29 is 9.50 Å². The largest absolute Gasteiger partial charge is 0.392 e. The van der Waals surface area contributed by atoms with Gasteiger partial charge in [0.05, 0.1) is 6.10 Å². The number of hydrogen-bond donors (Lipinski definition) is 1. The van der Waals surface area contributed by atoms with E-state index < -0.39 is 6.10 Å². The molecule has 0 amide bonds. The molecule has 1 N–H and O–H groups in total. The van der Waals surface area contributed by atoms with Crippen LogP contribution in [0.1, 0.15) is 24.8 Å². The Morgan fingerprint density at radius 2 is 2.24 bits per heavy atom. The van der Waals surface area contributed by atoms with Crippen LogP contribution in [0.25, 0.3) is 0 Å². The number of halogens is 2. The van der Waals surface area contributed by atoms with Crippen LogP contribution in [0.4, 0.5) is 4.39 Å². The monoisotopic (exact) mass is 254 g/mol. The second-order valence-electron chi connectivity index (χ2n) is 4.52. The summed E-state index contributed by atoms with van der Waals surface area (Å²) >= 11 is 5.95. The van der Waals surface area contributed by atoms with E-state index in [-0.39, 0.29) is 11.7 Å². The summed E-state index contributed by atoms with van der Waals surface area (Å²) < 4.78 is 13.6. The van der Waals surface area contributed by atoms with Crippen LogP contribution in [0.15, 0.2) is 30.4 Å². The van der Waals surface area contributed by atoms with Crippen LogP contribution in [0.3, 0.4) is 0 Å². The standard InChI is InChI=1S/C14H16ClFO/c15-12-7-4-8-13(16)11(12)9-14(17)10-5-2-1-3-6-10/h1-2,4,7-8,10,14,17H,3,5-6,9H2. The lowest BCUT2D eigenvalue weighted by atomic mass is 9.86. The van der Waals surface area contributed by atoms with E-state index >= 15 is 0 Å². The molecule has 2 atom stereocenters. The second kappa shape index (κ2) is 5.65. The molecule has 92 valence electrons. The first kappa shape index (κ1) is 12.6. The Balaban J connectivity index is 2.07. The van der Waals surface area contributed by atoms with Crippen molar-refractivity contribution in [2.75, 3.05) is 0 Å². The van der Waals surface area contributed by atoms with Gasteiger partial charge in [-0.05, 0) is 37.3 Å². The smallest absolute Gasteiger partial charge is 0.127 e. The summed E-state index contributed by atoms with van der Waals surface area (Å²) in [6.07, 6.45) is 6.81. The van der Waals surface area contributed by atoms with Crippen molar-refractivity contribution in [1.82, 2.24) is 0 Å². The van der Waals surface area contributed by atoms with E-state index in [0.717, 1.165) is 19.3 Å². The number of aliphatic hydroxyl groups excluding tert-OH is 1. The van der Waals surface area contributed by atoms with E-state index in [4.69, 9.17) is 11.6 Å². The van der Waals surface area contributed by atoms with Crippen molar-refractivity contribution in [3.05, 3.63) is 46.8 Å². The van der Waals surface area contributed by atoms with Crippen molar-refractivity contribution in [2.24, 2.45) is 5.92 Å². The Hall–Kier alpha value is -0.860. The Morgan fingerprint density at radius 3 is 2.88 bits per heavy atom. The highest BCUT2D eigenvalue weighted by Gasteiger charge is 2.21. The molecule has 0 aromatic heterocycles. The van der Waals surface area contributed by atoms with Gasteiger partial charge in [-0.25, -0.2) is 4.39 Å². The van der Waals surface area contributed by atoms with Crippen LogP contribution < -0.4 is 0 Å². The molecular weight excluding hydrogens is 239 g/mol. The molecule has 17 heavy (non-hydrogen) atoms. The average molecular weight is 255 g/mol. The van der Waals surface area contributed by atoms with Crippen LogP contribution in [0, 0.1) is 11.7 Å². The summed E-state index contributed by atoms with van der Waals surface area (Å²) in [5.41, 5.74) is 0.427. The van der Waals surface area contributed by atoms with Gasteiger partial charge in [-0.15, -0.1) is 0 Å². The minimum Gasteiger partial charge on any atom is -0.392 e. The first-order chi connectivity index (χ1) is 8.18. The van der Waals surface area contributed by atoms with Gasteiger partial charge in [-0.2, -0.15) is 0 Å². The number of rotatable bonds is 3. The van der Waals surface area contributed by atoms with Gasteiger partial charge in [0.2, 0.25) is 0 Å². The SMILES string of the molecule is OC(Cc1c(F)cccc1Cl)C1CC=CCC1. The van der Waals surface area contributed by atoms with Gasteiger partial charge in [0, 0.05) is 17.0 Å². The molecule has 0 heterocycles. The third kappa shape index (κ3) is 3.08. The van der Waals surface area contributed by atoms with E-state index in [1.165, 1.54) is 6.07 Å². The van der Waals surface area contributed by atoms with E-state index in [2.05, 4.69) is 12.2 Å². The van der Waals surface area contributed by atoms with Crippen LogP contribution >= 0.6 is 11.6 Å². The molecular formula is C14H16ClFO. The highest BCUT2D eigenvalue weighted by Crippen LogP contribution is 2.27. The topological polar surface area (TPSA) is 20.2 Å². The predicted molar refractivity (Wildman–Crippen MR) is 67.6 cm³/mol. The predicted octanol–water partition coefficient (Wildman–Crippen LogP) is 3.74. The molecule has 0 bridgehead atoms. The van der Waals surface area contributed by atoms with Crippen molar-refractivity contribution in [3.63, 3.8) is 0 Å². The Labute approximate surface area is 106 Å². The number of benzene rings is 1. The van der Waals surface area contributed by atoms with Crippen molar-refractivity contribution in [2.45, 2.75) is 31.8 Å². The van der Waals surface area contributed by atoms with Gasteiger partial charge >= 0.3 is 0 Å². The molecule has 3 heteroatoms. The van der Waals surface area contributed by atoms with Gasteiger partial charge in [-0.3, -0.25) is 0 Å². The number of hydrogen-bond acceptors (Lipinski definition) is 1. The summed E-state index contributed by atoms with van der Waals surface area (Å²) in [6, 6.07) is 4.62. The summed E-state index contributed by atoms with van der Waals surface area (Å²) in [5.74, 6) is -0.112. The molecule has 1 aliphatic rings. The van der Waals surface area contributed by atoms with Crippen molar-refractivity contribution in [3.8, 4) is 0 Å². The molecule has 1 aliphatic carbocycles. The number of aliphatic hydroxyl groups is 1. The maximum absolute atomic E-state index is 13.6. The molecule has 0 saturated carbocycles. The third-order valence-corrected chi connectivity index (χ3v) is 3.68. The molecule has 2 unspecified atom stereocenters. The molecule has 0 spiro atoms. The summed E-state index contributed by atoms with van der Waals surface area (Å²) in [4.78, 5) is 0. The maximum Gasteiger partial charge on any atom is 0.127 e. The number of allylic oxidation sites excluding steroid dienone is 2.